The van der Waals surface area contributed by atoms with E-state index in [0.717, 1.165) is 12.0 Å². The number of amidine groups is 1. The van der Waals surface area contributed by atoms with Crippen molar-refractivity contribution < 1.29 is 14.3 Å². The molecule has 1 aromatic carbocycles. The zero-order valence-electron chi connectivity index (χ0n) is 11.9. The zero-order chi connectivity index (χ0) is 14.7. The van der Waals surface area contributed by atoms with E-state index in [2.05, 4.69) is 4.99 Å². The first kappa shape index (κ1) is 14.2. The number of rotatable bonds is 5. The molecule has 0 aromatic heterocycles. The van der Waals surface area contributed by atoms with Crippen molar-refractivity contribution in [3.8, 4) is 11.5 Å². The molecule has 0 saturated heterocycles. The van der Waals surface area contributed by atoms with Crippen LogP contribution in [0, 0.1) is 0 Å². The molecule has 0 saturated carbocycles. The van der Waals surface area contributed by atoms with Crippen LogP contribution in [0.15, 0.2) is 23.2 Å². The largest absolute Gasteiger partial charge is 0.493 e. The first-order valence-electron chi connectivity index (χ1n) is 6.49. The van der Waals surface area contributed by atoms with Gasteiger partial charge in [0.25, 0.3) is 0 Å². The van der Waals surface area contributed by atoms with Crippen LogP contribution in [0.4, 0.5) is 4.79 Å². The van der Waals surface area contributed by atoms with Gasteiger partial charge < -0.3 is 20.1 Å². The molecule has 0 radical (unpaired) electrons. The third kappa shape index (κ3) is 2.41. The van der Waals surface area contributed by atoms with Crippen molar-refractivity contribution in [3.63, 3.8) is 0 Å². The van der Waals surface area contributed by atoms with Crippen LogP contribution in [-0.2, 0) is 0 Å². The second-order valence-electron chi connectivity index (χ2n) is 4.53. The summed E-state index contributed by atoms with van der Waals surface area (Å²) in [6.07, 6.45) is 0.846. The minimum absolute atomic E-state index is 0.288. The normalized spacial score (nSPS) is 18.1. The highest BCUT2D eigenvalue weighted by Gasteiger charge is 2.34. The van der Waals surface area contributed by atoms with Gasteiger partial charge >= 0.3 is 6.03 Å². The van der Waals surface area contributed by atoms with Gasteiger partial charge in [-0.15, -0.1) is 0 Å². The first-order chi connectivity index (χ1) is 9.62. The average Bonchev–Trinajstić information content (AvgIpc) is 2.73. The number of urea groups is 1. The fourth-order valence-corrected chi connectivity index (χ4v) is 2.35. The standard InChI is InChI=1S/C14H19N3O3/c1-4-7-17-12(13(15)16-14(17)18)9-5-6-10(19-2)11(8-9)20-3/h5-6,8,12H,4,7H2,1-3H3,(H2,15,16,18). The van der Waals surface area contributed by atoms with Crippen LogP contribution in [0.2, 0.25) is 0 Å². The number of benzene rings is 1. The molecule has 1 aliphatic rings. The van der Waals surface area contributed by atoms with Crippen molar-refractivity contribution >= 4 is 11.9 Å². The molecule has 2 rings (SSSR count). The lowest BCUT2D eigenvalue weighted by molar-refractivity contribution is 0.206. The molecule has 1 aliphatic heterocycles. The van der Waals surface area contributed by atoms with Crippen LogP contribution in [0.25, 0.3) is 0 Å². The van der Waals surface area contributed by atoms with Crippen LogP contribution < -0.4 is 15.2 Å². The number of ether oxygens (including phenoxy) is 2. The molecular weight excluding hydrogens is 258 g/mol. The van der Waals surface area contributed by atoms with Gasteiger partial charge in [0.2, 0.25) is 0 Å². The Hall–Kier alpha value is -2.24. The predicted octanol–water partition coefficient (Wildman–Crippen LogP) is 1.95. The summed E-state index contributed by atoms with van der Waals surface area (Å²) in [5.41, 5.74) is 6.76. The Balaban J connectivity index is 2.38. The number of methoxy groups -OCH3 is 2. The highest BCUT2D eigenvalue weighted by atomic mass is 16.5. The SMILES string of the molecule is CCCN1C(=O)N=C(N)C1c1ccc(OC)c(OC)c1. The molecule has 108 valence electrons. The lowest BCUT2D eigenvalue weighted by atomic mass is 10.0. The van der Waals surface area contributed by atoms with Crippen molar-refractivity contribution in [1.29, 1.82) is 0 Å². The van der Waals surface area contributed by atoms with Gasteiger partial charge in [-0.3, -0.25) is 0 Å². The summed E-state index contributed by atoms with van der Waals surface area (Å²) in [6, 6.07) is 4.88. The van der Waals surface area contributed by atoms with Crippen LogP contribution in [0.3, 0.4) is 0 Å². The topological polar surface area (TPSA) is 77.2 Å². The van der Waals surface area contributed by atoms with E-state index in [1.165, 1.54) is 0 Å². The first-order valence-corrected chi connectivity index (χ1v) is 6.49. The van der Waals surface area contributed by atoms with Crippen molar-refractivity contribution in [1.82, 2.24) is 4.90 Å². The van der Waals surface area contributed by atoms with E-state index in [-0.39, 0.29) is 12.1 Å². The van der Waals surface area contributed by atoms with Crippen molar-refractivity contribution in [3.05, 3.63) is 23.8 Å². The van der Waals surface area contributed by atoms with Gasteiger partial charge in [-0.25, -0.2) is 4.79 Å². The lowest BCUT2D eigenvalue weighted by Gasteiger charge is -2.24. The summed E-state index contributed by atoms with van der Waals surface area (Å²) in [7, 11) is 3.15. The van der Waals surface area contributed by atoms with Crippen molar-refractivity contribution in [2.75, 3.05) is 20.8 Å². The monoisotopic (exact) mass is 277 g/mol. The Morgan fingerprint density at radius 2 is 2.00 bits per heavy atom. The Morgan fingerprint density at radius 3 is 2.60 bits per heavy atom. The molecular formula is C14H19N3O3. The number of nitrogens with zero attached hydrogens (tertiary/aromatic N) is 2. The van der Waals surface area contributed by atoms with E-state index in [1.807, 2.05) is 19.1 Å². The molecule has 1 unspecified atom stereocenters. The third-order valence-electron chi connectivity index (χ3n) is 3.25. The maximum absolute atomic E-state index is 11.8. The Kier molecular flexibility index (Phi) is 4.12. The second kappa shape index (κ2) is 5.81. The Labute approximate surface area is 118 Å². The van der Waals surface area contributed by atoms with Crippen molar-refractivity contribution in [2.24, 2.45) is 10.7 Å². The number of carbonyl (C=O) groups is 1. The molecule has 1 heterocycles. The molecule has 0 bridgehead atoms. The summed E-state index contributed by atoms with van der Waals surface area (Å²) in [4.78, 5) is 17.4. The lowest BCUT2D eigenvalue weighted by Crippen LogP contribution is -2.33. The summed E-state index contributed by atoms with van der Waals surface area (Å²) in [5, 5.41) is 0. The maximum atomic E-state index is 11.8. The highest BCUT2D eigenvalue weighted by Crippen LogP contribution is 2.34. The quantitative estimate of drug-likeness (QED) is 0.892. The molecule has 0 spiro atoms. The fraction of sp³-hybridized carbons (Fsp3) is 0.429. The molecule has 6 heteroatoms. The molecule has 1 atom stereocenters. The third-order valence-corrected chi connectivity index (χ3v) is 3.25. The summed E-state index contributed by atoms with van der Waals surface area (Å²) >= 11 is 0. The van der Waals surface area contributed by atoms with E-state index in [9.17, 15) is 4.79 Å². The molecule has 2 amide bonds. The number of hydrogen-bond donors (Lipinski definition) is 1. The smallest absolute Gasteiger partial charge is 0.346 e. The molecule has 0 fully saturated rings. The van der Waals surface area contributed by atoms with E-state index in [0.29, 0.717) is 23.9 Å². The van der Waals surface area contributed by atoms with E-state index in [1.54, 1.807) is 25.2 Å². The van der Waals surface area contributed by atoms with Crippen LogP contribution >= 0.6 is 0 Å². The van der Waals surface area contributed by atoms with Gasteiger partial charge in [-0.1, -0.05) is 13.0 Å². The minimum atomic E-state index is -0.331. The Bertz CT molecular complexity index is 542. The zero-order valence-corrected chi connectivity index (χ0v) is 11.9. The number of amides is 2. The van der Waals surface area contributed by atoms with E-state index in [4.69, 9.17) is 15.2 Å². The molecule has 20 heavy (non-hydrogen) atoms. The van der Waals surface area contributed by atoms with Gasteiger partial charge in [-0.05, 0) is 24.1 Å². The number of carbonyl (C=O) groups excluding carboxylic acids is 1. The summed E-state index contributed by atoms with van der Waals surface area (Å²) in [6.45, 7) is 2.62. The highest BCUT2D eigenvalue weighted by molar-refractivity contribution is 6.03. The molecule has 1 aromatic rings. The maximum Gasteiger partial charge on any atom is 0.346 e. The van der Waals surface area contributed by atoms with Crippen molar-refractivity contribution in [2.45, 2.75) is 19.4 Å². The van der Waals surface area contributed by atoms with Gasteiger partial charge in [0.05, 0.1) is 14.2 Å². The van der Waals surface area contributed by atoms with Crippen LogP contribution in [0.1, 0.15) is 24.9 Å². The van der Waals surface area contributed by atoms with E-state index >= 15 is 0 Å². The summed E-state index contributed by atoms with van der Waals surface area (Å²) < 4.78 is 10.5. The average molecular weight is 277 g/mol. The minimum Gasteiger partial charge on any atom is -0.493 e. The van der Waals surface area contributed by atoms with Crippen LogP contribution in [0.5, 0.6) is 11.5 Å². The molecule has 0 aliphatic carbocycles. The second-order valence-corrected chi connectivity index (χ2v) is 4.53. The number of aliphatic imine (C=N–C) groups is 1. The summed E-state index contributed by atoms with van der Waals surface area (Å²) in [5.74, 6) is 1.56. The number of hydrogen-bond acceptors (Lipinski definition) is 4. The van der Waals surface area contributed by atoms with Gasteiger partial charge in [0.15, 0.2) is 11.5 Å². The Morgan fingerprint density at radius 1 is 1.30 bits per heavy atom. The van der Waals surface area contributed by atoms with E-state index < -0.39 is 0 Å². The fourth-order valence-electron chi connectivity index (χ4n) is 2.35. The predicted molar refractivity (Wildman–Crippen MR) is 76.3 cm³/mol. The van der Waals surface area contributed by atoms with Gasteiger partial charge in [-0.2, -0.15) is 4.99 Å². The number of nitrogens with two attached hydrogens (primary N) is 1. The van der Waals surface area contributed by atoms with Gasteiger partial charge in [0, 0.05) is 6.54 Å². The van der Waals surface area contributed by atoms with Gasteiger partial charge in [0.1, 0.15) is 11.9 Å². The molecule has 6 nitrogen and oxygen atoms in total. The van der Waals surface area contributed by atoms with Crippen LogP contribution in [-0.4, -0.2) is 37.5 Å². The molecule has 2 N–H and O–H groups in total.